The number of fused-ring (bicyclic) bond motifs is 1. The molecule has 2 atom stereocenters. The van der Waals surface area contributed by atoms with E-state index in [1.807, 2.05) is 17.5 Å². The fraction of sp³-hybridized carbons (Fsp3) is 0.647. The van der Waals surface area contributed by atoms with Gasteiger partial charge >= 0.3 is 5.97 Å². The maximum absolute atomic E-state index is 12.6. The molecule has 0 spiro atoms. The third-order valence-electron chi connectivity index (χ3n) is 5.92. The van der Waals surface area contributed by atoms with Crippen molar-refractivity contribution >= 4 is 23.2 Å². The first-order valence-electron chi connectivity index (χ1n) is 8.40. The molecule has 0 bridgehead atoms. The van der Waals surface area contributed by atoms with E-state index in [1.54, 1.807) is 4.90 Å². The molecule has 124 valence electrons. The summed E-state index contributed by atoms with van der Waals surface area (Å²) >= 11 is 1.43. The van der Waals surface area contributed by atoms with Gasteiger partial charge < -0.3 is 10.0 Å². The van der Waals surface area contributed by atoms with Gasteiger partial charge in [0.05, 0.1) is 4.88 Å². The van der Waals surface area contributed by atoms with Crippen LogP contribution in [0.1, 0.15) is 35.4 Å². The van der Waals surface area contributed by atoms with Crippen molar-refractivity contribution in [2.75, 3.05) is 26.2 Å². The topological polar surface area (TPSA) is 60.9 Å². The van der Waals surface area contributed by atoms with E-state index in [9.17, 15) is 14.7 Å². The number of carbonyl (C=O) groups excluding carboxylic acids is 1. The normalized spacial score (nSPS) is 31.7. The third-order valence-corrected chi connectivity index (χ3v) is 6.78. The lowest BCUT2D eigenvalue weighted by atomic mass is 9.81. The Morgan fingerprint density at radius 2 is 2.00 bits per heavy atom. The first-order valence-corrected chi connectivity index (χ1v) is 9.28. The smallest absolute Gasteiger partial charge is 0.313 e. The standard InChI is InChI=1S/C17H22N2O3S/c20-15(14-6-3-7-23-14)19-9-12-8-18(13-4-1-2-5-13)10-17(12,11-19)16(21)22/h3,6-7,12-13H,1-2,4-5,8-11H2,(H,21,22)/t12-,17-/m1/s1. The van der Waals surface area contributed by atoms with E-state index in [1.165, 1.54) is 37.0 Å². The van der Waals surface area contributed by atoms with E-state index in [0.717, 1.165) is 6.54 Å². The van der Waals surface area contributed by atoms with Crippen LogP contribution in [0.15, 0.2) is 17.5 Å². The van der Waals surface area contributed by atoms with Gasteiger partial charge in [-0.05, 0) is 24.3 Å². The van der Waals surface area contributed by atoms with E-state index in [2.05, 4.69) is 4.90 Å². The minimum Gasteiger partial charge on any atom is -0.481 e. The predicted octanol–water partition coefficient (Wildman–Crippen LogP) is 2.15. The van der Waals surface area contributed by atoms with Crippen LogP contribution in [0.4, 0.5) is 0 Å². The maximum atomic E-state index is 12.6. The van der Waals surface area contributed by atoms with Crippen LogP contribution < -0.4 is 0 Å². The van der Waals surface area contributed by atoms with E-state index in [-0.39, 0.29) is 11.8 Å². The minimum atomic E-state index is -0.768. The zero-order chi connectivity index (χ0) is 16.0. The van der Waals surface area contributed by atoms with Gasteiger partial charge in [-0.2, -0.15) is 0 Å². The molecule has 5 nitrogen and oxygen atoms in total. The van der Waals surface area contributed by atoms with Crippen LogP contribution in [-0.2, 0) is 4.79 Å². The molecular formula is C17H22N2O3S. The molecule has 1 aromatic rings. The third kappa shape index (κ3) is 2.39. The molecule has 6 heteroatoms. The lowest BCUT2D eigenvalue weighted by Gasteiger charge is -2.28. The Kier molecular flexibility index (Phi) is 3.69. The Bertz CT molecular complexity index is 611. The molecule has 1 aliphatic carbocycles. The van der Waals surface area contributed by atoms with Gasteiger partial charge in [0.2, 0.25) is 0 Å². The monoisotopic (exact) mass is 334 g/mol. The van der Waals surface area contributed by atoms with Crippen molar-refractivity contribution in [3.05, 3.63) is 22.4 Å². The van der Waals surface area contributed by atoms with Crippen molar-refractivity contribution in [3.8, 4) is 0 Å². The Balaban J connectivity index is 1.53. The van der Waals surface area contributed by atoms with Crippen molar-refractivity contribution in [1.29, 1.82) is 0 Å². The highest BCUT2D eigenvalue weighted by Gasteiger charge is 2.59. The number of hydrogen-bond acceptors (Lipinski definition) is 4. The maximum Gasteiger partial charge on any atom is 0.313 e. The summed E-state index contributed by atoms with van der Waals surface area (Å²) < 4.78 is 0. The van der Waals surface area contributed by atoms with Crippen LogP contribution in [0.25, 0.3) is 0 Å². The van der Waals surface area contributed by atoms with Gasteiger partial charge in [-0.1, -0.05) is 18.9 Å². The van der Waals surface area contributed by atoms with Gasteiger partial charge in [-0.15, -0.1) is 11.3 Å². The number of thiophene rings is 1. The number of carbonyl (C=O) groups is 2. The number of aliphatic carboxylic acids is 1. The summed E-state index contributed by atoms with van der Waals surface area (Å²) in [6.45, 7) is 2.36. The van der Waals surface area contributed by atoms with E-state index >= 15 is 0 Å². The second kappa shape index (κ2) is 5.60. The number of carboxylic acid groups (broad SMARTS) is 1. The number of carboxylic acids is 1. The van der Waals surface area contributed by atoms with Gasteiger partial charge in [0.1, 0.15) is 5.41 Å². The lowest BCUT2D eigenvalue weighted by Crippen LogP contribution is -2.43. The van der Waals surface area contributed by atoms with Crippen LogP contribution in [0.2, 0.25) is 0 Å². The first kappa shape index (κ1) is 15.1. The fourth-order valence-electron chi connectivity index (χ4n) is 4.66. The summed E-state index contributed by atoms with van der Waals surface area (Å²) in [5.41, 5.74) is -0.768. The van der Waals surface area contributed by atoms with Gasteiger partial charge in [-0.3, -0.25) is 14.5 Å². The summed E-state index contributed by atoms with van der Waals surface area (Å²) in [6, 6.07) is 4.24. The van der Waals surface area contributed by atoms with E-state index < -0.39 is 11.4 Å². The summed E-state index contributed by atoms with van der Waals surface area (Å²) in [5.74, 6) is -0.684. The average molecular weight is 334 g/mol. The molecule has 0 radical (unpaired) electrons. The van der Waals surface area contributed by atoms with Crippen LogP contribution >= 0.6 is 11.3 Å². The summed E-state index contributed by atoms with van der Waals surface area (Å²) in [5, 5.41) is 11.8. The zero-order valence-corrected chi connectivity index (χ0v) is 13.9. The van der Waals surface area contributed by atoms with Gasteiger partial charge in [-0.25, -0.2) is 0 Å². The van der Waals surface area contributed by atoms with E-state index in [4.69, 9.17) is 0 Å². The lowest BCUT2D eigenvalue weighted by molar-refractivity contribution is -0.148. The molecule has 3 heterocycles. The van der Waals surface area contributed by atoms with Gasteiger partial charge in [0.25, 0.3) is 5.91 Å². The molecule has 3 aliphatic rings. The quantitative estimate of drug-likeness (QED) is 0.920. The number of rotatable bonds is 3. The summed E-state index contributed by atoms with van der Waals surface area (Å²) in [4.78, 5) is 29.5. The SMILES string of the molecule is O=C(c1cccs1)N1C[C@H]2CN(C3CCCC3)C[C@@]2(C(=O)O)C1. The molecule has 1 aromatic heterocycles. The predicted molar refractivity (Wildman–Crippen MR) is 87.6 cm³/mol. The van der Waals surface area contributed by atoms with Crippen LogP contribution in [0.5, 0.6) is 0 Å². The molecule has 1 saturated carbocycles. The van der Waals surface area contributed by atoms with Gasteiger partial charge in [0, 0.05) is 38.1 Å². The highest BCUT2D eigenvalue weighted by molar-refractivity contribution is 7.12. The summed E-state index contributed by atoms with van der Waals surface area (Å²) in [7, 11) is 0. The zero-order valence-electron chi connectivity index (χ0n) is 13.1. The van der Waals surface area contributed by atoms with Crippen LogP contribution in [-0.4, -0.2) is 59.0 Å². The minimum absolute atomic E-state index is 0.0116. The fourth-order valence-corrected chi connectivity index (χ4v) is 5.36. The van der Waals surface area contributed by atoms with Crippen LogP contribution in [0.3, 0.4) is 0 Å². The van der Waals surface area contributed by atoms with Crippen LogP contribution in [0, 0.1) is 11.3 Å². The van der Waals surface area contributed by atoms with Crippen molar-refractivity contribution in [3.63, 3.8) is 0 Å². The highest BCUT2D eigenvalue weighted by atomic mass is 32.1. The van der Waals surface area contributed by atoms with Crippen molar-refractivity contribution < 1.29 is 14.7 Å². The molecule has 1 N–H and O–H groups in total. The molecule has 0 unspecified atom stereocenters. The molecule has 3 fully saturated rings. The highest BCUT2D eigenvalue weighted by Crippen LogP contribution is 2.45. The number of hydrogen-bond donors (Lipinski definition) is 1. The average Bonchev–Trinajstić information content (AvgIpc) is 3.27. The molecule has 4 rings (SSSR count). The number of nitrogens with zero attached hydrogens (tertiary/aromatic N) is 2. The summed E-state index contributed by atoms with van der Waals surface area (Å²) in [6.07, 6.45) is 4.91. The molecule has 2 saturated heterocycles. The second-order valence-electron chi connectivity index (χ2n) is 7.19. The van der Waals surface area contributed by atoms with Crippen molar-refractivity contribution in [1.82, 2.24) is 9.80 Å². The number of amides is 1. The molecule has 0 aromatic carbocycles. The number of likely N-dealkylation sites (tertiary alicyclic amines) is 2. The van der Waals surface area contributed by atoms with Crippen molar-refractivity contribution in [2.24, 2.45) is 11.3 Å². The van der Waals surface area contributed by atoms with E-state index in [0.29, 0.717) is 30.6 Å². The Morgan fingerprint density at radius 3 is 2.61 bits per heavy atom. The molecular weight excluding hydrogens is 312 g/mol. The van der Waals surface area contributed by atoms with Gasteiger partial charge in [0.15, 0.2) is 0 Å². The Morgan fingerprint density at radius 1 is 1.22 bits per heavy atom. The largest absolute Gasteiger partial charge is 0.481 e. The Hall–Kier alpha value is -1.40. The first-order chi connectivity index (χ1) is 11.1. The molecule has 2 aliphatic heterocycles. The Labute approximate surface area is 139 Å². The second-order valence-corrected chi connectivity index (χ2v) is 8.14. The van der Waals surface area contributed by atoms with Crippen molar-refractivity contribution in [2.45, 2.75) is 31.7 Å². The molecule has 23 heavy (non-hydrogen) atoms. The molecule has 1 amide bonds.